The zero-order valence-electron chi connectivity index (χ0n) is 9.98. The number of phenols is 1. The Morgan fingerprint density at radius 1 is 1.53 bits per heavy atom. The number of halogens is 1. The molecule has 100 valence electrons. The van der Waals surface area contributed by atoms with Gasteiger partial charge in [0.2, 0.25) is 0 Å². The second kappa shape index (κ2) is 5.46. The number of nitrogens with zero attached hydrogens (tertiary/aromatic N) is 1. The number of aromatic hydroxyl groups is 1. The summed E-state index contributed by atoms with van der Waals surface area (Å²) in [7, 11) is 0. The molecule has 0 bridgehead atoms. The molecule has 1 aromatic carbocycles. The Labute approximate surface area is 118 Å². The van der Waals surface area contributed by atoms with Crippen molar-refractivity contribution >= 4 is 34.6 Å². The van der Waals surface area contributed by atoms with E-state index < -0.39 is 5.97 Å². The van der Waals surface area contributed by atoms with Crippen LogP contribution in [0.1, 0.15) is 20.8 Å². The van der Waals surface area contributed by atoms with Gasteiger partial charge in [0, 0.05) is 16.8 Å². The van der Waals surface area contributed by atoms with Gasteiger partial charge in [-0.15, -0.1) is 11.3 Å². The number of thiazole rings is 1. The van der Waals surface area contributed by atoms with Crippen LogP contribution in [0.3, 0.4) is 0 Å². The molecule has 0 aliphatic heterocycles. The molecule has 1 heterocycles. The van der Waals surface area contributed by atoms with Crippen LogP contribution in [-0.2, 0) is 6.54 Å². The van der Waals surface area contributed by atoms with Crippen LogP contribution in [-0.4, -0.2) is 21.2 Å². The molecule has 3 N–H and O–H groups in total. The van der Waals surface area contributed by atoms with Gasteiger partial charge < -0.3 is 15.5 Å². The van der Waals surface area contributed by atoms with E-state index in [2.05, 4.69) is 10.3 Å². The minimum atomic E-state index is -1.10. The van der Waals surface area contributed by atoms with Gasteiger partial charge in [-0.2, -0.15) is 0 Å². The van der Waals surface area contributed by atoms with Gasteiger partial charge in [-0.25, -0.2) is 9.78 Å². The molecule has 0 amide bonds. The van der Waals surface area contributed by atoms with Crippen LogP contribution in [0.25, 0.3) is 0 Å². The number of benzene rings is 1. The highest BCUT2D eigenvalue weighted by Crippen LogP contribution is 2.27. The summed E-state index contributed by atoms with van der Waals surface area (Å²) in [4.78, 5) is 15.9. The zero-order valence-corrected chi connectivity index (χ0v) is 11.5. The maximum atomic E-state index is 11.1. The number of aryl methyl sites for hydroxylation is 1. The molecule has 5 nitrogen and oxygen atoms in total. The molecule has 0 aliphatic carbocycles. The Hall–Kier alpha value is -1.79. The van der Waals surface area contributed by atoms with Crippen LogP contribution in [0.2, 0.25) is 4.47 Å². The van der Waals surface area contributed by atoms with Crippen LogP contribution in [0.4, 0.5) is 5.69 Å². The summed E-state index contributed by atoms with van der Waals surface area (Å²) in [6, 6.07) is 2.83. The van der Waals surface area contributed by atoms with E-state index in [1.807, 2.05) is 0 Å². The number of anilines is 1. The molecule has 0 radical (unpaired) electrons. The topological polar surface area (TPSA) is 82.5 Å². The predicted molar refractivity (Wildman–Crippen MR) is 74.3 cm³/mol. The fourth-order valence-corrected chi connectivity index (χ4v) is 2.48. The molecule has 1 aromatic heterocycles. The number of carboxylic acid groups (broad SMARTS) is 1. The molecule has 19 heavy (non-hydrogen) atoms. The second-order valence-electron chi connectivity index (χ2n) is 3.92. The summed E-state index contributed by atoms with van der Waals surface area (Å²) >= 11 is 7.05. The SMILES string of the molecule is Cc1cc(NCc2cnc(Cl)s2)c(C(=O)O)cc1O. The third kappa shape index (κ3) is 3.15. The molecule has 0 saturated heterocycles. The highest BCUT2D eigenvalue weighted by atomic mass is 35.5. The lowest BCUT2D eigenvalue weighted by molar-refractivity contribution is 0.0697. The Kier molecular flexibility index (Phi) is 3.92. The molecule has 0 spiro atoms. The number of aromatic nitrogens is 1. The minimum absolute atomic E-state index is 0.0266. The average Bonchev–Trinajstić information content (AvgIpc) is 2.76. The number of carboxylic acids is 1. The lowest BCUT2D eigenvalue weighted by Crippen LogP contribution is -2.06. The van der Waals surface area contributed by atoms with Crippen molar-refractivity contribution in [2.45, 2.75) is 13.5 Å². The molecule has 2 rings (SSSR count). The van der Waals surface area contributed by atoms with Gasteiger partial charge in [0.05, 0.1) is 12.1 Å². The molecular weight excluding hydrogens is 288 g/mol. The van der Waals surface area contributed by atoms with Crippen LogP contribution in [0.5, 0.6) is 5.75 Å². The van der Waals surface area contributed by atoms with Gasteiger partial charge in [0.15, 0.2) is 4.47 Å². The lowest BCUT2D eigenvalue weighted by atomic mass is 10.1. The Morgan fingerprint density at radius 2 is 2.26 bits per heavy atom. The van der Waals surface area contributed by atoms with Crippen LogP contribution < -0.4 is 5.32 Å². The molecule has 0 saturated carbocycles. The second-order valence-corrected chi connectivity index (χ2v) is 5.62. The molecule has 0 atom stereocenters. The van der Waals surface area contributed by atoms with E-state index in [1.54, 1.807) is 19.2 Å². The van der Waals surface area contributed by atoms with E-state index in [1.165, 1.54) is 17.4 Å². The number of rotatable bonds is 4. The first-order valence-corrected chi connectivity index (χ1v) is 6.58. The fourth-order valence-electron chi connectivity index (χ4n) is 1.57. The summed E-state index contributed by atoms with van der Waals surface area (Å²) in [5.41, 5.74) is 1.08. The monoisotopic (exact) mass is 298 g/mol. The first-order valence-electron chi connectivity index (χ1n) is 5.38. The Balaban J connectivity index is 2.23. The summed E-state index contributed by atoms with van der Waals surface area (Å²) in [5, 5.41) is 21.7. The van der Waals surface area contributed by atoms with Gasteiger partial charge in [0.25, 0.3) is 0 Å². The number of carbonyl (C=O) groups is 1. The first kappa shape index (κ1) is 13.6. The summed E-state index contributed by atoms with van der Waals surface area (Å²) in [5.74, 6) is -1.14. The first-order chi connectivity index (χ1) is 8.97. The van der Waals surface area contributed by atoms with Crippen molar-refractivity contribution in [3.8, 4) is 5.75 Å². The highest BCUT2D eigenvalue weighted by Gasteiger charge is 2.13. The van der Waals surface area contributed by atoms with E-state index in [0.29, 0.717) is 22.3 Å². The molecule has 0 fully saturated rings. The van der Waals surface area contributed by atoms with Crippen molar-refractivity contribution < 1.29 is 15.0 Å². The van der Waals surface area contributed by atoms with Crippen molar-refractivity contribution in [2.24, 2.45) is 0 Å². The summed E-state index contributed by atoms with van der Waals surface area (Å²) < 4.78 is 0.442. The largest absolute Gasteiger partial charge is 0.508 e. The smallest absolute Gasteiger partial charge is 0.337 e. The molecular formula is C12H11ClN2O3S. The third-order valence-electron chi connectivity index (χ3n) is 2.54. The maximum absolute atomic E-state index is 11.1. The van der Waals surface area contributed by atoms with Gasteiger partial charge in [-0.3, -0.25) is 0 Å². The minimum Gasteiger partial charge on any atom is -0.508 e. The van der Waals surface area contributed by atoms with Crippen LogP contribution in [0.15, 0.2) is 18.3 Å². The number of aromatic carboxylic acids is 1. The zero-order chi connectivity index (χ0) is 14.0. The van der Waals surface area contributed by atoms with Crippen LogP contribution >= 0.6 is 22.9 Å². The fraction of sp³-hybridized carbons (Fsp3) is 0.167. The normalized spacial score (nSPS) is 10.4. The van der Waals surface area contributed by atoms with Crippen molar-refractivity contribution in [3.05, 3.63) is 38.8 Å². The van der Waals surface area contributed by atoms with Crippen molar-refractivity contribution in [1.29, 1.82) is 0 Å². The van der Waals surface area contributed by atoms with E-state index >= 15 is 0 Å². The molecule has 0 unspecified atom stereocenters. The lowest BCUT2D eigenvalue weighted by Gasteiger charge is -2.10. The summed E-state index contributed by atoms with van der Waals surface area (Å²) in [6.07, 6.45) is 1.63. The number of phenolic OH excluding ortho intramolecular Hbond substituents is 1. The molecule has 7 heteroatoms. The van der Waals surface area contributed by atoms with Crippen LogP contribution in [0, 0.1) is 6.92 Å². The van der Waals surface area contributed by atoms with Gasteiger partial charge in [-0.1, -0.05) is 11.6 Å². The van der Waals surface area contributed by atoms with E-state index in [-0.39, 0.29) is 11.3 Å². The van der Waals surface area contributed by atoms with Crippen molar-refractivity contribution in [2.75, 3.05) is 5.32 Å². The predicted octanol–water partition coefficient (Wildman–Crippen LogP) is 3.12. The Morgan fingerprint density at radius 3 is 2.84 bits per heavy atom. The third-order valence-corrected chi connectivity index (χ3v) is 3.66. The van der Waals surface area contributed by atoms with Crippen molar-refractivity contribution in [1.82, 2.24) is 4.98 Å². The van der Waals surface area contributed by atoms with E-state index in [9.17, 15) is 9.90 Å². The summed E-state index contributed by atoms with van der Waals surface area (Å²) in [6.45, 7) is 2.13. The highest BCUT2D eigenvalue weighted by molar-refractivity contribution is 7.15. The molecule has 0 aliphatic rings. The van der Waals surface area contributed by atoms with Gasteiger partial charge >= 0.3 is 5.97 Å². The number of hydrogen-bond donors (Lipinski definition) is 3. The maximum Gasteiger partial charge on any atom is 0.337 e. The van der Waals surface area contributed by atoms with E-state index in [4.69, 9.17) is 16.7 Å². The standard InChI is InChI=1S/C12H11ClN2O3S/c1-6-2-9(8(11(17)18)3-10(6)16)14-4-7-5-15-12(13)19-7/h2-3,5,14,16H,4H2,1H3,(H,17,18). The Bertz CT molecular complexity index is 627. The van der Waals surface area contributed by atoms with Gasteiger partial charge in [-0.05, 0) is 24.6 Å². The van der Waals surface area contributed by atoms with Crippen molar-refractivity contribution in [3.63, 3.8) is 0 Å². The number of hydrogen-bond acceptors (Lipinski definition) is 5. The molecule has 2 aromatic rings. The average molecular weight is 299 g/mol. The van der Waals surface area contributed by atoms with Gasteiger partial charge in [0.1, 0.15) is 5.75 Å². The number of nitrogens with one attached hydrogen (secondary N) is 1. The quantitative estimate of drug-likeness (QED) is 0.755. The van der Waals surface area contributed by atoms with E-state index in [0.717, 1.165) is 4.88 Å².